The molecule has 0 spiro atoms. The number of nitrogens with zero attached hydrogens (tertiary/aromatic N) is 4. The quantitative estimate of drug-likeness (QED) is 0.222. The second-order valence-electron chi connectivity index (χ2n) is 9.37. The van der Waals surface area contributed by atoms with Gasteiger partial charge in [-0.25, -0.2) is 4.98 Å². The number of thioether (sulfide) groups is 1. The Kier molecular flexibility index (Phi) is 6.61. The number of fused-ring (bicyclic) bond motifs is 3. The van der Waals surface area contributed by atoms with Crippen LogP contribution in [0.5, 0.6) is 0 Å². The summed E-state index contributed by atoms with van der Waals surface area (Å²) in [5.74, 6) is 1.96. The predicted octanol–water partition coefficient (Wildman–Crippen LogP) is 7.52. The largest absolute Gasteiger partial charge is 0.309 e. The molecule has 0 amide bonds. The van der Waals surface area contributed by atoms with Crippen molar-refractivity contribution in [1.29, 1.82) is 0 Å². The molecule has 3 heterocycles. The summed E-state index contributed by atoms with van der Waals surface area (Å²) < 4.78 is 1.99. The minimum absolute atomic E-state index is 0.0551. The number of thiophene rings is 1. The maximum Gasteiger partial charge on any atom is 0.259 e. The van der Waals surface area contributed by atoms with Gasteiger partial charge in [-0.05, 0) is 86.2 Å². The molecular formula is C27H23Cl2N5OS2. The number of rotatable bonds is 5. The second-order valence-corrected chi connectivity index (χ2v) is 12.6. The van der Waals surface area contributed by atoms with Crippen LogP contribution in [0.25, 0.3) is 27.3 Å². The average molecular weight is 569 g/mol. The van der Waals surface area contributed by atoms with E-state index in [1.165, 1.54) is 22.2 Å². The molecule has 1 aliphatic rings. The summed E-state index contributed by atoms with van der Waals surface area (Å²) in [5, 5.41) is 11.6. The van der Waals surface area contributed by atoms with Crippen molar-refractivity contribution in [3.05, 3.63) is 85.2 Å². The highest BCUT2D eigenvalue weighted by Crippen LogP contribution is 2.39. The Morgan fingerprint density at radius 3 is 2.51 bits per heavy atom. The lowest BCUT2D eigenvalue weighted by Gasteiger charge is -2.17. The van der Waals surface area contributed by atoms with Crippen molar-refractivity contribution in [3.63, 3.8) is 0 Å². The van der Waals surface area contributed by atoms with Crippen LogP contribution >= 0.6 is 46.3 Å². The van der Waals surface area contributed by atoms with Gasteiger partial charge in [0.05, 0.1) is 10.6 Å². The van der Waals surface area contributed by atoms with Crippen LogP contribution in [0, 0.1) is 5.92 Å². The van der Waals surface area contributed by atoms with Crippen molar-refractivity contribution in [1.82, 2.24) is 24.7 Å². The molecule has 6 rings (SSSR count). The van der Waals surface area contributed by atoms with E-state index < -0.39 is 0 Å². The van der Waals surface area contributed by atoms with Gasteiger partial charge >= 0.3 is 0 Å². The van der Waals surface area contributed by atoms with Crippen molar-refractivity contribution < 1.29 is 0 Å². The van der Waals surface area contributed by atoms with Crippen LogP contribution in [0.4, 0.5) is 0 Å². The van der Waals surface area contributed by atoms with Gasteiger partial charge in [0, 0.05) is 26.2 Å². The molecule has 188 valence electrons. The fourth-order valence-electron chi connectivity index (χ4n) is 4.73. The highest BCUT2D eigenvalue weighted by Gasteiger charge is 2.25. The van der Waals surface area contributed by atoms with E-state index >= 15 is 0 Å². The lowest BCUT2D eigenvalue weighted by Crippen LogP contribution is -2.15. The number of hydrogen-bond donors (Lipinski definition) is 1. The number of nitrogens with one attached hydrogen (secondary N) is 1. The second kappa shape index (κ2) is 9.91. The average Bonchev–Trinajstić information content (AvgIpc) is 3.46. The van der Waals surface area contributed by atoms with Crippen LogP contribution in [0.1, 0.15) is 41.8 Å². The Balaban J connectivity index is 1.39. The van der Waals surface area contributed by atoms with Gasteiger partial charge in [-0.2, -0.15) is 0 Å². The van der Waals surface area contributed by atoms with Gasteiger partial charge in [0.25, 0.3) is 5.56 Å². The van der Waals surface area contributed by atoms with E-state index in [1.807, 2.05) is 60.0 Å². The monoisotopic (exact) mass is 567 g/mol. The smallest absolute Gasteiger partial charge is 0.259 e. The number of aromatic nitrogens is 5. The third-order valence-electron chi connectivity index (χ3n) is 6.67. The van der Waals surface area contributed by atoms with E-state index in [2.05, 4.69) is 22.1 Å². The Hall–Kier alpha value is -2.65. The van der Waals surface area contributed by atoms with Gasteiger partial charge in [0.1, 0.15) is 10.7 Å². The predicted molar refractivity (Wildman–Crippen MR) is 153 cm³/mol. The normalized spacial score (nSPS) is 16.2. The van der Waals surface area contributed by atoms with Gasteiger partial charge in [0.2, 0.25) is 0 Å². The lowest BCUT2D eigenvalue weighted by atomic mass is 9.89. The molecule has 10 heteroatoms. The third-order valence-corrected chi connectivity index (χ3v) is 9.38. The molecule has 1 N–H and O–H groups in total. The number of aryl methyl sites for hydroxylation is 1. The summed E-state index contributed by atoms with van der Waals surface area (Å²) in [4.78, 5) is 23.2. The fourth-order valence-corrected chi connectivity index (χ4v) is 7.29. The van der Waals surface area contributed by atoms with E-state index in [4.69, 9.17) is 28.2 Å². The molecule has 0 unspecified atom stereocenters. The summed E-state index contributed by atoms with van der Waals surface area (Å²) in [5.41, 5.74) is 2.90. The number of aromatic amines is 1. The Morgan fingerprint density at radius 1 is 1.08 bits per heavy atom. The summed E-state index contributed by atoms with van der Waals surface area (Å²) in [6.07, 6.45) is 3.08. The molecule has 0 radical (unpaired) electrons. The first-order valence-electron chi connectivity index (χ1n) is 12.1. The Labute approximate surface area is 232 Å². The zero-order valence-corrected chi connectivity index (χ0v) is 23.3. The summed E-state index contributed by atoms with van der Waals surface area (Å²) >= 11 is 15.4. The number of benzene rings is 2. The van der Waals surface area contributed by atoms with Crippen LogP contribution in [0.2, 0.25) is 10.0 Å². The van der Waals surface area contributed by atoms with Crippen LogP contribution in [0.15, 0.2) is 58.5 Å². The molecule has 0 fully saturated rings. The van der Waals surface area contributed by atoms with E-state index in [9.17, 15) is 4.79 Å². The molecule has 6 nitrogen and oxygen atoms in total. The van der Waals surface area contributed by atoms with Crippen molar-refractivity contribution in [3.8, 4) is 17.1 Å². The maximum absolute atomic E-state index is 13.2. The highest BCUT2D eigenvalue weighted by molar-refractivity contribution is 7.99. The van der Waals surface area contributed by atoms with Crippen molar-refractivity contribution in [2.45, 2.75) is 43.5 Å². The Morgan fingerprint density at radius 2 is 1.78 bits per heavy atom. The first-order valence-corrected chi connectivity index (χ1v) is 14.5. The molecule has 0 aliphatic heterocycles. The van der Waals surface area contributed by atoms with Gasteiger partial charge in [-0.15, -0.1) is 21.5 Å². The number of halogens is 2. The number of H-pyrrole nitrogens is 1. The fraction of sp³-hybridized carbons (Fsp3) is 0.259. The molecule has 0 saturated carbocycles. The van der Waals surface area contributed by atoms with Gasteiger partial charge < -0.3 is 4.98 Å². The van der Waals surface area contributed by atoms with E-state index in [0.717, 1.165) is 40.7 Å². The summed E-state index contributed by atoms with van der Waals surface area (Å²) in [6, 6.07) is 15.1. The molecule has 5 aromatic rings. The highest BCUT2D eigenvalue weighted by atomic mass is 35.5. The zero-order valence-electron chi connectivity index (χ0n) is 20.2. The Bertz CT molecular complexity index is 1660. The molecule has 3 aromatic heterocycles. The van der Waals surface area contributed by atoms with Gasteiger partial charge in [-0.1, -0.05) is 41.9 Å². The lowest BCUT2D eigenvalue weighted by molar-refractivity contribution is 0.509. The van der Waals surface area contributed by atoms with Crippen molar-refractivity contribution in [2.24, 2.45) is 5.92 Å². The zero-order chi connectivity index (χ0) is 25.7. The molecular weight excluding hydrogens is 545 g/mol. The SMILES string of the molecule is C[C@@H]1CCc2c(sc3nc([C@@H](C)Sc4nnc(-c5ccc(Cl)cc5)n4-c4ccc(Cl)cc4)[nH]c(=O)c23)C1. The first kappa shape index (κ1) is 24.7. The third kappa shape index (κ3) is 4.72. The van der Waals surface area contributed by atoms with Crippen molar-refractivity contribution in [2.75, 3.05) is 0 Å². The summed E-state index contributed by atoms with van der Waals surface area (Å²) in [6.45, 7) is 4.29. The maximum atomic E-state index is 13.2. The minimum atomic E-state index is -0.163. The molecule has 1 aliphatic carbocycles. The van der Waals surface area contributed by atoms with E-state index in [1.54, 1.807) is 11.3 Å². The van der Waals surface area contributed by atoms with Crippen LogP contribution < -0.4 is 5.56 Å². The minimum Gasteiger partial charge on any atom is -0.309 e. The van der Waals surface area contributed by atoms with Crippen molar-refractivity contribution >= 4 is 56.5 Å². The first-order chi connectivity index (χ1) is 17.9. The van der Waals surface area contributed by atoms with E-state index in [0.29, 0.717) is 32.8 Å². The molecule has 0 bridgehead atoms. The van der Waals surface area contributed by atoms with Crippen LogP contribution in [0.3, 0.4) is 0 Å². The van der Waals surface area contributed by atoms with Crippen LogP contribution in [-0.4, -0.2) is 24.7 Å². The van der Waals surface area contributed by atoms with Gasteiger partial charge in [0.15, 0.2) is 11.0 Å². The molecule has 2 aromatic carbocycles. The van der Waals surface area contributed by atoms with Crippen LogP contribution in [-0.2, 0) is 12.8 Å². The van der Waals surface area contributed by atoms with Gasteiger partial charge in [-0.3, -0.25) is 9.36 Å². The standard InChI is InChI=1S/C27H23Cl2N5OS2/c1-14-3-12-20-21(13-14)37-26-22(20)25(35)30-23(31-26)15(2)36-27-33-32-24(16-4-6-17(28)7-5-16)34(27)19-10-8-18(29)9-11-19/h4-11,14-15H,3,12-13H2,1-2H3,(H,30,31,35)/t14-,15-/m1/s1. The molecule has 2 atom stereocenters. The molecule has 37 heavy (non-hydrogen) atoms. The molecule has 0 saturated heterocycles. The topological polar surface area (TPSA) is 76.5 Å². The summed E-state index contributed by atoms with van der Waals surface area (Å²) in [7, 11) is 0. The number of hydrogen-bond acceptors (Lipinski definition) is 6. The van der Waals surface area contributed by atoms with E-state index in [-0.39, 0.29) is 10.8 Å².